The molecule has 0 bridgehead atoms. The number of halogens is 2. The van der Waals surface area contributed by atoms with Crippen LogP contribution in [0.2, 0.25) is 0 Å². The van der Waals surface area contributed by atoms with Crippen LogP contribution in [-0.4, -0.2) is 38.7 Å². The number of aryl methyl sites for hydroxylation is 1. The first kappa shape index (κ1) is 19.6. The first-order valence-electron chi connectivity index (χ1n) is 8.03. The summed E-state index contributed by atoms with van der Waals surface area (Å²) < 4.78 is 33.4. The highest BCUT2D eigenvalue weighted by molar-refractivity contribution is 5.95. The number of aromatic carboxylic acids is 1. The van der Waals surface area contributed by atoms with E-state index < -0.39 is 24.0 Å². The van der Waals surface area contributed by atoms with Crippen LogP contribution in [0, 0.1) is 12.8 Å². The molecule has 0 fully saturated rings. The van der Waals surface area contributed by atoms with Crippen LogP contribution < -0.4 is 0 Å². The fourth-order valence-corrected chi connectivity index (χ4v) is 2.63. The van der Waals surface area contributed by atoms with Crippen molar-refractivity contribution in [3.8, 4) is 0 Å². The van der Waals surface area contributed by atoms with Crippen LogP contribution in [0.3, 0.4) is 0 Å². The van der Waals surface area contributed by atoms with Gasteiger partial charge in [-0.05, 0) is 18.9 Å². The molecule has 1 N–H and O–H groups in total. The Labute approximate surface area is 149 Å². The number of hydrogen-bond acceptors (Lipinski definition) is 4. The quantitative estimate of drug-likeness (QED) is 0.808. The van der Waals surface area contributed by atoms with Crippen molar-refractivity contribution >= 4 is 11.9 Å². The Balaban J connectivity index is 2.24. The predicted octanol–water partition coefficient (Wildman–Crippen LogP) is 3.35. The number of carboxylic acids is 1. The first-order chi connectivity index (χ1) is 12.1. The fraction of sp³-hybridized carbons (Fsp3) is 0.471. The van der Waals surface area contributed by atoms with Crippen LogP contribution in [0.1, 0.15) is 58.2 Å². The van der Waals surface area contributed by atoms with Gasteiger partial charge < -0.3 is 14.4 Å². The normalized spacial score (nSPS) is 11.4. The van der Waals surface area contributed by atoms with E-state index in [-0.39, 0.29) is 41.7 Å². The molecule has 7 nitrogen and oxygen atoms in total. The summed E-state index contributed by atoms with van der Waals surface area (Å²) in [7, 11) is 1.43. The molecule has 0 spiro atoms. The van der Waals surface area contributed by atoms with Crippen LogP contribution in [0.4, 0.5) is 8.78 Å². The minimum Gasteiger partial charge on any atom is -0.478 e. The van der Waals surface area contributed by atoms with E-state index >= 15 is 0 Å². The lowest BCUT2D eigenvalue weighted by molar-refractivity contribution is 0.0694. The summed E-state index contributed by atoms with van der Waals surface area (Å²) in [6.45, 7) is 5.45. The van der Waals surface area contributed by atoms with Crippen LogP contribution in [-0.2, 0) is 13.1 Å². The zero-order valence-electron chi connectivity index (χ0n) is 15.0. The van der Waals surface area contributed by atoms with E-state index in [1.165, 1.54) is 24.9 Å². The maximum Gasteiger partial charge on any atom is 0.339 e. The average Bonchev–Trinajstić information content (AvgIpc) is 3.09. The summed E-state index contributed by atoms with van der Waals surface area (Å²) in [5.41, 5.74) is -0.596. The first-order valence-corrected chi connectivity index (χ1v) is 8.03. The van der Waals surface area contributed by atoms with Gasteiger partial charge in [0.05, 0.1) is 18.3 Å². The highest BCUT2D eigenvalue weighted by Gasteiger charge is 2.27. The number of furan rings is 1. The summed E-state index contributed by atoms with van der Waals surface area (Å²) in [5, 5.41) is 13.0. The Morgan fingerprint density at radius 3 is 2.50 bits per heavy atom. The minimum absolute atomic E-state index is 0.00104. The number of hydrogen-bond donors (Lipinski definition) is 1. The molecule has 0 saturated heterocycles. The molecule has 0 aromatic carbocycles. The van der Waals surface area contributed by atoms with Gasteiger partial charge in [0.2, 0.25) is 0 Å². The molecular formula is C17H21F2N3O4. The Morgan fingerprint density at radius 2 is 2.00 bits per heavy atom. The number of carbonyl (C=O) groups is 2. The lowest BCUT2D eigenvalue weighted by Gasteiger charge is -2.16. The predicted molar refractivity (Wildman–Crippen MR) is 88.2 cm³/mol. The van der Waals surface area contributed by atoms with E-state index in [1.807, 2.05) is 13.8 Å². The van der Waals surface area contributed by atoms with Gasteiger partial charge >= 0.3 is 5.97 Å². The molecule has 1 amide bonds. The Bertz CT molecular complexity index is 811. The molecule has 9 heteroatoms. The molecule has 0 aliphatic heterocycles. The van der Waals surface area contributed by atoms with E-state index in [9.17, 15) is 18.4 Å². The maximum atomic E-state index is 13.5. The zero-order chi connectivity index (χ0) is 19.6. The van der Waals surface area contributed by atoms with Crippen molar-refractivity contribution in [1.29, 1.82) is 0 Å². The number of nitrogens with zero attached hydrogens (tertiary/aromatic N) is 3. The van der Waals surface area contributed by atoms with Crippen LogP contribution in [0.25, 0.3) is 0 Å². The molecule has 0 unspecified atom stereocenters. The van der Waals surface area contributed by atoms with Gasteiger partial charge in [0.15, 0.2) is 0 Å². The van der Waals surface area contributed by atoms with Crippen LogP contribution >= 0.6 is 0 Å². The highest BCUT2D eigenvalue weighted by Crippen LogP contribution is 2.25. The molecular weight excluding hydrogens is 348 g/mol. The monoisotopic (exact) mass is 369 g/mol. The van der Waals surface area contributed by atoms with Gasteiger partial charge in [-0.2, -0.15) is 5.10 Å². The summed E-state index contributed by atoms with van der Waals surface area (Å²) >= 11 is 0. The Kier molecular flexibility index (Phi) is 5.79. The summed E-state index contributed by atoms with van der Waals surface area (Å²) in [6.07, 6.45) is -1.70. The topological polar surface area (TPSA) is 88.6 Å². The molecule has 0 saturated carbocycles. The molecule has 2 heterocycles. The Hall–Kier alpha value is -2.71. The van der Waals surface area contributed by atoms with Gasteiger partial charge in [0.1, 0.15) is 22.8 Å². The molecule has 2 aromatic rings. The van der Waals surface area contributed by atoms with Crippen molar-refractivity contribution in [2.45, 2.75) is 40.3 Å². The van der Waals surface area contributed by atoms with E-state index in [2.05, 4.69) is 5.10 Å². The molecule has 0 aliphatic rings. The van der Waals surface area contributed by atoms with Crippen molar-refractivity contribution in [2.24, 2.45) is 5.92 Å². The molecule has 142 valence electrons. The molecule has 0 aliphatic carbocycles. The van der Waals surface area contributed by atoms with Gasteiger partial charge in [-0.15, -0.1) is 0 Å². The van der Waals surface area contributed by atoms with Crippen molar-refractivity contribution in [2.75, 3.05) is 7.05 Å². The largest absolute Gasteiger partial charge is 0.478 e. The summed E-state index contributed by atoms with van der Waals surface area (Å²) in [4.78, 5) is 24.8. The van der Waals surface area contributed by atoms with Crippen molar-refractivity contribution < 1.29 is 27.9 Å². The highest BCUT2D eigenvalue weighted by atomic mass is 19.3. The van der Waals surface area contributed by atoms with Crippen molar-refractivity contribution in [3.05, 3.63) is 40.6 Å². The fourth-order valence-electron chi connectivity index (χ4n) is 2.63. The third-order valence-electron chi connectivity index (χ3n) is 3.79. The lowest BCUT2D eigenvalue weighted by Crippen LogP contribution is -2.27. The number of aromatic nitrogens is 2. The summed E-state index contributed by atoms with van der Waals surface area (Å²) in [6, 6.07) is 1.32. The molecule has 0 radical (unpaired) electrons. The van der Waals surface area contributed by atoms with E-state index in [1.54, 1.807) is 0 Å². The van der Waals surface area contributed by atoms with Crippen LogP contribution in [0.5, 0.6) is 0 Å². The van der Waals surface area contributed by atoms with Crippen molar-refractivity contribution in [1.82, 2.24) is 14.7 Å². The number of amides is 1. The van der Waals surface area contributed by atoms with E-state index in [0.717, 1.165) is 10.9 Å². The third kappa shape index (κ3) is 4.09. The van der Waals surface area contributed by atoms with Gasteiger partial charge in [-0.1, -0.05) is 13.8 Å². The van der Waals surface area contributed by atoms with Crippen molar-refractivity contribution in [3.63, 3.8) is 0 Å². The zero-order valence-corrected chi connectivity index (χ0v) is 15.0. The minimum atomic E-state index is -2.84. The second-order valence-corrected chi connectivity index (χ2v) is 6.47. The number of carbonyl (C=O) groups excluding carboxylic acids is 1. The number of carboxylic acid groups (broad SMARTS) is 1. The molecule has 2 aromatic heterocycles. The number of alkyl halides is 2. The molecule has 26 heavy (non-hydrogen) atoms. The SMILES string of the molecule is Cc1oc(CN(C)C(=O)c2cnn(CC(C)C)c2C(F)F)cc1C(=O)O. The van der Waals surface area contributed by atoms with Gasteiger partial charge in [-0.25, -0.2) is 13.6 Å². The second kappa shape index (κ2) is 7.67. The Morgan fingerprint density at radius 1 is 1.35 bits per heavy atom. The maximum absolute atomic E-state index is 13.5. The molecule has 2 rings (SSSR count). The standard InChI is InChI=1S/C17H21F2N3O4/c1-9(2)7-22-14(15(18)19)13(6-20-22)16(23)21(4)8-11-5-12(17(24)25)10(3)26-11/h5-6,9,15H,7-8H2,1-4H3,(H,24,25). The summed E-state index contributed by atoms with van der Waals surface area (Å²) in [5.74, 6) is -1.22. The smallest absolute Gasteiger partial charge is 0.339 e. The van der Waals surface area contributed by atoms with E-state index in [4.69, 9.17) is 9.52 Å². The lowest BCUT2D eigenvalue weighted by atomic mass is 10.2. The van der Waals surface area contributed by atoms with Gasteiger partial charge in [0.25, 0.3) is 12.3 Å². The van der Waals surface area contributed by atoms with E-state index in [0.29, 0.717) is 0 Å². The van der Waals surface area contributed by atoms with Gasteiger partial charge in [0, 0.05) is 13.6 Å². The molecule has 0 atom stereocenters. The second-order valence-electron chi connectivity index (χ2n) is 6.47. The third-order valence-corrected chi connectivity index (χ3v) is 3.79. The average molecular weight is 369 g/mol. The van der Waals surface area contributed by atoms with Crippen LogP contribution in [0.15, 0.2) is 16.7 Å². The number of rotatable bonds is 7. The van der Waals surface area contributed by atoms with Gasteiger partial charge in [-0.3, -0.25) is 9.48 Å².